The number of aryl methyl sites for hydroxylation is 2. The van der Waals surface area contributed by atoms with Crippen molar-refractivity contribution in [3.05, 3.63) is 41.6 Å². The zero-order chi connectivity index (χ0) is 15.2. The molecule has 116 valence electrons. The molecule has 1 aliphatic heterocycles. The molecule has 2 aliphatic rings. The van der Waals surface area contributed by atoms with Gasteiger partial charge < -0.3 is 9.47 Å². The number of hydrogen-bond donors (Lipinski definition) is 0. The largest absolute Gasteiger partial charge is 0.355 e. The SMILES string of the molecule is CCc1nc(N2CC3(CC3)C2)ccc1Cn1ccnc1CC. The normalized spacial score (nSPS) is 18.5. The Hall–Kier alpha value is -1.84. The fourth-order valence-corrected chi connectivity index (χ4v) is 3.55. The topological polar surface area (TPSA) is 34.0 Å². The van der Waals surface area contributed by atoms with Gasteiger partial charge in [-0.15, -0.1) is 0 Å². The Bertz CT molecular complexity index is 676. The molecule has 0 bridgehead atoms. The highest BCUT2D eigenvalue weighted by molar-refractivity contribution is 5.47. The Morgan fingerprint density at radius 2 is 1.95 bits per heavy atom. The second-order valence-electron chi connectivity index (χ2n) is 6.81. The van der Waals surface area contributed by atoms with Gasteiger partial charge in [0.2, 0.25) is 0 Å². The van der Waals surface area contributed by atoms with Crippen molar-refractivity contribution >= 4 is 5.82 Å². The van der Waals surface area contributed by atoms with Crippen LogP contribution < -0.4 is 4.90 Å². The first-order valence-electron chi connectivity index (χ1n) is 8.47. The first-order valence-corrected chi connectivity index (χ1v) is 8.47. The first-order chi connectivity index (χ1) is 10.7. The molecular formula is C18H24N4. The zero-order valence-electron chi connectivity index (χ0n) is 13.5. The molecule has 4 nitrogen and oxygen atoms in total. The van der Waals surface area contributed by atoms with Gasteiger partial charge in [-0.1, -0.05) is 19.9 Å². The molecule has 22 heavy (non-hydrogen) atoms. The third-order valence-electron chi connectivity index (χ3n) is 5.18. The molecule has 0 atom stereocenters. The predicted molar refractivity (Wildman–Crippen MR) is 88.2 cm³/mol. The van der Waals surface area contributed by atoms with Crippen LogP contribution in [0.15, 0.2) is 24.5 Å². The number of rotatable bonds is 5. The van der Waals surface area contributed by atoms with E-state index < -0.39 is 0 Å². The Labute approximate surface area is 132 Å². The summed E-state index contributed by atoms with van der Waals surface area (Å²) in [6, 6.07) is 4.46. The predicted octanol–water partition coefficient (Wildman–Crippen LogP) is 3.05. The van der Waals surface area contributed by atoms with E-state index in [0.717, 1.165) is 25.2 Å². The molecule has 2 aromatic heterocycles. The summed E-state index contributed by atoms with van der Waals surface area (Å²) in [5.74, 6) is 2.31. The van der Waals surface area contributed by atoms with Crippen LogP contribution >= 0.6 is 0 Å². The molecule has 4 rings (SSSR count). The van der Waals surface area contributed by atoms with Gasteiger partial charge in [0.05, 0.1) is 6.54 Å². The maximum atomic E-state index is 4.93. The first kappa shape index (κ1) is 13.8. The molecule has 0 radical (unpaired) electrons. The molecular weight excluding hydrogens is 272 g/mol. The fraction of sp³-hybridized carbons (Fsp3) is 0.556. The van der Waals surface area contributed by atoms with E-state index >= 15 is 0 Å². The highest BCUT2D eigenvalue weighted by Gasteiger charge is 2.52. The molecule has 2 fully saturated rings. The summed E-state index contributed by atoms with van der Waals surface area (Å²) in [6.07, 6.45) is 8.75. The second kappa shape index (κ2) is 5.11. The van der Waals surface area contributed by atoms with Crippen LogP contribution in [0.1, 0.15) is 43.8 Å². The fourth-order valence-electron chi connectivity index (χ4n) is 3.55. The van der Waals surface area contributed by atoms with Crippen LogP contribution in [-0.2, 0) is 19.4 Å². The number of anilines is 1. The lowest BCUT2D eigenvalue weighted by molar-refractivity contribution is 0.384. The third-order valence-corrected chi connectivity index (χ3v) is 5.18. The average molecular weight is 296 g/mol. The van der Waals surface area contributed by atoms with Crippen molar-refractivity contribution < 1.29 is 0 Å². The number of imidazole rings is 1. The maximum Gasteiger partial charge on any atom is 0.128 e. The number of pyridine rings is 1. The van der Waals surface area contributed by atoms with E-state index in [4.69, 9.17) is 4.98 Å². The van der Waals surface area contributed by atoms with Crippen molar-refractivity contribution in [1.82, 2.24) is 14.5 Å². The molecule has 1 aliphatic carbocycles. The summed E-state index contributed by atoms with van der Waals surface area (Å²) in [6.45, 7) is 7.65. The minimum atomic E-state index is 0.680. The molecule has 4 heteroatoms. The molecule has 1 saturated heterocycles. The molecule has 1 spiro atoms. The van der Waals surface area contributed by atoms with E-state index in [1.54, 1.807) is 0 Å². The third kappa shape index (κ3) is 2.31. The summed E-state index contributed by atoms with van der Waals surface area (Å²) in [4.78, 5) is 11.8. The molecule has 2 aromatic rings. The highest BCUT2D eigenvalue weighted by atomic mass is 15.3. The van der Waals surface area contributed by atoms with Crippen molar-refractivity contribution in [3.63, 3.8) is 0 Å². The summed E-state index contributed by atoms with van der Waals surface area (Å²) in [5.41, 5.74) is 3.23. The molecule has 0 amide bonds. The van der Waals surface area contributed by atoms with Crippen LogP contribution in [0.25, 0.3) is 0 Å². The van der Waals surface area contributed by atoms with E-state index in [0.29, 0.717) is 5.41 Å². The van der Waals surface area contributed by atoms with Crippen molar-refractivity contribution in [2.24, 2.45) is 5.41 Å². The standard InChI is InChI=1S/C18H24N4/c1-3-15-14(11-21-10-9-19-16(21)4-2)5-6-17(20-15)22-12-18(13-22)7-8-18/h5-6,9-10H,3-4,7-8,11-13H2,1-2H3. The van der Waals surface area contributed by atoms with Gasteiger partial charge in [-0.3, -0.25) is 0 Å². The van der Waals surface area contributed by atoms with Crippen molar-refractivity contribution in [2.45, 2.75) is 46.1 Å². The van der Waals surface area contributed by atoms with E-state index in [9.17, 15) is 0 Å². The Balaban J connectivity index is 1.55. The Morgan fingerprint density at radius 3 is 2.64 bits per heavy atom. The van der Waals surface area contributed by atoms with Crippen LogP contribution in [0.3, 0.4) is 0 Å². The van der Waals surface area contributed by atoms with Gasteiger partial charge in [0.1, 0.15) is 11.6 Å². The quantitative estimate of drug-likeness (QED) is 0.850. The van der Waals surface area contributed by atoms with Crippen LogP contribution in [0.4, 0.5) is 5.82 Å². The summed E-state index contributed by atoms with van der Waals surface area (Å²) < 4.78 is 2.23. The molecule has 0 N–H and O–H groups in total. The number of hydrogen-bond acceptors (Lipinski definition) is 3. The van der Waals surface area contributed by atoms with Crippen LogP contribution in [0, 0.1) is 5.41 Å². The van der Waals surface area contributed by atoms with Crippen molar-refractivity contribution in [3.8, 4) is 0 Å². The van der Waals surface area contributed by atoms with Crippen molar-refractivity contribution in [1.29, 1.82) is 0 Å². The van der Waals surface area contributed by atoms with Gasteiger partial charge in [0.25, 0.3) is 0 Å². The summed E-state index contributed by atoms with van der Waals surface area (Å²) in [7, 11) is 0. The van der Waals surface area contributed by atoms with Crippen LogP contribution in [0.5, 0.6) is 0 Å². The van der Waals surface area contributed by atoms with E-state index in [1.165, 1.54) is 43.0 Å². The molecule has 3 heterocycles. The van der Waals surface area contributed by atoms with Gasteiger partial charge >= 0.3 is 0 Å². The lowest BCUT2D eigenvalue weighted by Crippen LogP contribution is -2.48. The monoisotopic (exact) mass is 296 g/mol. The van der Waals surface area contributed by atoms with Gasteiger partial charge in [-0.25, -0.2) is 9.97 Å². The van der Waals surface area contributed by atoms with E-state index in [-0.39, 0.29) is 0 Å². The van der Waals surface area contributed by atoms with Gasteiger partial charge in [-0.2, -0.15) is 0 Å². The Morgan fingerprint density at radius 1 is 1.14 bits per heavy atom. The molecule has 1 saturated carbocycles. The van der Waals surface area contributed by atoms with E-state index in [1.807, 2.05) is 6.20 Å². The van der Waals surface area contributed by atoms with Crippen molar-refractivity contribution in [2.75, 3.05) is 18.0 Å². The van der Waals surface area contributed by atoms with Gasteiger partial charge in [0.15, 0.2) is 0 Å². The summed E-state index contributed by atoms with van der Waals surface area (Å²) >= 11 is 0. The highest BCUT2D eigenvalue weighted by Crippen LogP contribution is 2.53. The number of nitrogens with zero attached hydrogens (tertiary/aromatic N) is 4. The van der Waals surface area contributed by atoms with Gasteiger partial charge in [0, 0.05) is 43.0 Å². The van der Waals surface area contributed by atoms with Crippen LogP contribution in [-0.4, -0.2) is 27.6 Å². The van der Waals surface area contributed by atoms with Crippen LogP contribution in [0.2, 0.25) is 0 Å². The molecule has 0 aromatic carbocycles. The summed E-state index contributed by atoms with van der Waals surface area (Å²) in [5, 5.41) is 0. The Kier molecular flexibility index (Phi) is 3.21. The van der Waals surface area contributed by atoms with E-state index in [2.05, 4.69) is 46.6 Å². The minimum absolute atomic E-state index is 0.680. The maximum absolute atomic E-state index is 4.93. The smallest absolute Gasteiger partial charge is 0.128 e. The lowest BCUT2D eigenvalue weighted by Gasteiger charge is -2.41. The number of aromatic nitrogens is 3. The molecule has 0 unspecified atom stereocenters. The average Bonchev–Trinajstić information content (AvgIpc) is 3.19. The minimum Gasteiger partial charge on any atom is -0.355 e. The second-order valence-corrected chi connectivity index (χ2v) is 6.81. The van der Waals surface area contributed by atoms with Gasteiger partial charge in [-0.05, 0) is 30.9 Å². The zero-order valence-corrected chi connectivity index (χ0v) is 13.5. The lowest BCUT2D eigenvalue weighted by atomic mass is 9.97.